The van der Waals surface area contributed by atoms with Crippen LogP contribution in [0.25, 0.3) is 11.0 Å². The zero-order chi connectivity index (χ0) is 38.3. The quantitative estimate of drug-likeness (QED) is 0.151. The third-order valence-electron chi connectivity index (χ3n) is 8.39. The maximum Gasteiger partial charge on any atom is 0.437 e. The van der Waals surface area contributed by atoms with Crippen LogP contribution in [0, 0.1) is 13.8 Å². The van der Waals surface area contributed by atoms with Crippen molar-refractivity contribution in [1.82, 2.24) is 14.5 Å². The zero-order valence-electron chi connectivity index (χ0n) is 32.0. The number of ether oxygens (including phenoxy) is 2. The number of anilines is 1. The molecule has 0 aliphatic rings. The van der Waals surface area contributed by atoms with Crippen molar-refractivity contribution in [3.63, 3.8) is 0 Å². The van der Waals surface area contributed by atoms with Crippen molar-refractivity contribution in [2.45, 2.75) is 92.0 Å². The average molecular weight is 718 g/mol. The van der Waals surface area contributed by atoms with Crippen molar-refractivity contribution >= 4 is 34.8 Å². The monoisotopic (exact) mass is 717 g/mol. The molecule has 0 bridgehead atoms. The first-order valence-corrected chi connectivity index (χ1v) is 18.0. The summed E-state index contributed by atoms with van der Waals surface area (Å²) in [6, 6.07) is 31.4. The molecular formula is C43H51N5O5. The first-order valence-electron chi connectivity index (χ1n) is 18.0. The van der Waals surface area contributed by atoms with Gasteiger partial charge in [0.1, 0.15) is 11.2 Å². The van der Waals surface area contributed by atoms with Gasteiger partial charge in [0.15, 0.2) is 0 Å². The molecule has 5 aromatic rings. The lowest BCUT2D eigenvalue weighted by Crippen LogP contribution is -2.38. The summed E-state index contributed by atoms with van der Waals surface area (Å²) in [5, 5.41) is 5.89. The predicted molar refractivity (Wildman–Crippen MR) is 209 cm³/mol. The topological polar surface area (TPSA) is 116 Å². The van der Waals surface area contributed by atoms with E-state index in [2.05, 4.69) is 75.6 Å². The van der Waals surface area contributed by atoms with Crippen LogP contribution in [0.1, 0.15) is 75.4 Å². The number of para-hydroxylation sites is 2. The highest BCUT2D eigenvalue weighted by molar-refractivity contribution is 5.85. The van der Waals surface area contributed by atoms with Gasteiger partial charge < -0.3 is 23.9 Å². The molecule has 3 amide bonds. The Balaban J connectivity index is 1.50. The van der Waals surface area contributed by atoms with Gasteiger partial charge in [-0.15, -0.1) is 4.99 Å². The van der Waals surface area contributed by atoms with Gasteiger partial charge in [0.05, 0.1) is 30.0 Å². The highest BCUT2D eigenvalue weighted by Crippen LogP contribution is 2.23. The molecule has 10 heteroatoms. The molecule has 2 N–H and O–H groups in total. The van der Waals surface area contributed by atoms with Crippen LogP contribution in [0.4, 0.5) is 15.3 Å². The van der Waals surface area contributed by atoms with Crippen LogP contribution in [0.3, 0.4) is 0 Å². The fraction of sp³-hybridized carbons (Fsp3) is 0.349. The molecule has 278 valence electrons. The summed E-state index contributed by atoms with van der Waals surface area (Å²) in [4.78, 5) is 43.8. The van der Waals surface area contributed by atoms with Crippen molar-refractivity contribution in [3.05, 3.63) is 130 Å². The molecule has 0 saturated carbocycles. The Bertz CT molecular complexity index is 2110. The summed E-state index contributed by atoms with van der Waals surface area (Å²) in [6.07, 6.45) is -0.537. The standard InChI is InChI=1S/C43H51N5O5/c1-29-13-17-31(18-14-29)25-35(27-44-38(49)26-32-21-23-34(24-22-32)45-40(50)52-42(3,4)5)48-37-12-10-9-11-36(37)47(28-33-19-15-30(2)16-20-33)39(48)46-41(51)53-43(6,7)8/h9-24,35H,25-28H2,1-8H3,(H,44,49)(H,45,50)/b46-39-. The van der Waals surface area contributed by atoms with E-state index >= 15 is 0 Å². The Morgan fingerprint density at radius 3 is 1.83 bits per heavy atom. The van der Waals surface area contributed by atoms with E-state index in [4.69, 9.17) is 9.47 Å². The molecule has 0 saturated heterocycles. The highest BCUT2D eigenvalue weighted by atomic mass is 16.6. The van der Waals surface area contributed by atoms with Crippen molar-refractivity contribution in [3.8, 4) is 0 Å². The van der Waals surface area contributed by atoms with Crippen LogP contribution in [0.2, 0.25) is 0 Å². The maximum atomic E-state index is 13.5. The molecule has 4 aromatic carbocycles. The Morgan fingerprint density at radius 1 is 0.698 bits per heavy atom. The molecule has 0 radical (unpaired) electrons. The van der Waals surface area contributed by atoms with Gasteiger partial charge in [-0.25, -0.2) is 9.59 Å². The minimum atomic E-state index is -0.738. The Morgan fingerprint density at radius 2 is 1.25 bits per heavy atom. The number of imidazole rings is 1. The second kappa shape index (κ2) is 16.4. The second-order valence-electron chi connectivity index (χ2n) is 15.5. The summed E-state index contributed by atoms with van der Waals surface area (Å²) < 4.78 is 15.1. The lowest BCUT2D eigenvalue weighted by atomic mass is 10.0. The molecule has 0 aliphatic carbocycles. The summed E-state index contributed by atoms with van der Waals surface area (Å²) in [5.41, 5.74) is 6.65. The minimum absolute atomic E-state index is 0.138. The van der Waals surface area contributed by atoms with E-state index in [0.29, 0.717) is 24.3 Å². The van der Waals surface area contributed by atoms with E-state index in [1.165, 1.54) is 0 Å². The average Bonchev–Trinajstić information content (AvgIpc) is 3.36. The van der Waals surface area contributed by atoms with E-state index < -0.39 is 23.4 Å². The van der Waals surface area contributed by atoms with E-state index in [1.54, 1.807) is 45.0 Å². The number of benzene rings is 4. The number of carbonyl (C=O) groups excluding carboxylic acids is 3. The number of hydrogen-bond acceptors (Lipinski definition) is 5. The van der Waals surface area contributed by atoms with Gasteiger partial charge in [-0.2, -0.15) is 0 Å². The van der Waals surface area contributed by atoms with Crippen LogP contribution < -0.4 is 16.3 Å². The molecule has 0 spiro atoms. The fourth-order valence-corrected chi connectivity index (χ4v) is 5.97. The van der Waals surface area contributed by atoms with Gasteiger partial charge in [-0.3, -0.25) is 10.1 Å². The number of aryl methyl sites for hydroxylation is 2. The van der Waals surface area contributed by atoms with Crippen molar-refractivity contribution in [2.24, 2.45) is 4.99 Å². The highest BCUT2D eigenvalue weighted by Gasteiger charge is 2.24. The number of nitrogens with one attached hydrogen (secondary N) is 2. The zero-order valence-corrected chi connectivity index (χ0v) is 32.0. The maximum absolute atomic E-state index is 13.5. The molecule has 5 rings (SSSR count). The number of nitrogens with zero attached hydrogens (tertiary/aromatic N) is 3. The summed E-state index contributed by atoms with van der Waals surface area (Å²) >= 11 is 0. The first kappa shape index (κ1) is 38.6. The van der Waals surface area contributed by atoms with E-state index in [-0.39, 0.29) is 24.9 Å². The molecule has 0 fully saturated rings. The number of carbonyl (C=O) groups is 3. The molecule has 1 unspecified atom stereocenters. The van der Waals surface area contributed by atoms with Gasteiger partial charge in [0.25, 0.3) is 0 Å². The molecule has 1 aromatic heterocycles. The summed E-state index contributed by atoms with van der Waals surface area (Å²) in [7, 11) is 0. The normalized spacial score (nSPS) is 12.7. The number of hydrogen-bond donors (Lipinski definition) is 2. The van der Waals surface area contributed by atoms with Gasteiger partial charge in [0, 0.05) is 12.2 Å². The number of rotatable bonds is 10. The number of amides is 3. The van der Waals surface area contributed by atoms with E-state index in [0.717, 1.165) is 38.9 Å². The Kier molecular flexibility index (Phi) is 11.9. The van der Waals surface area contributed by atoms with Gasteiger partial charge >= 0.3 is 12.2 Å². The van der Waals surface area contributed by atoms with Gasteiger partial charge in [-0.1, -0.05) is 83.9 Å². The van der Waals surface area contributed by atoms with E-state index in [9.17, 15) is 14.4 Å². The lowest BCUT2D eigenvalue weighted by molar-refractivity contribution is -0.120. The third-order valence-corrected chi connectivity index (χ3v) is 8.39. The molecule has 10 nitrogen and oxygen atoms in total. The van der Waals surface area contributed by atoms with Crippen molar-refractivity contribution < 1.29 is 23.9 Å². The van der Waals surface area contributed by atoms with Crippen LogP contribution in [-0.2, 0) is 33.7 Å². The summed E-state index contributed by atoms with van der Waals surface area (Å²) in [5.74, 6) is -0.165. The van der Waals surface area contributed by atoms with E-state index in [1.807, 2.05) is 56.5 Å². The molecule has 1 heterocycles. The SMILES string of the molecule is Cc1ccc(CC(CNC(=O)Cc2ccc(NC(=O)OC(C)(C)C)cc2)n2/c(=N\C(=O)OC(C)(C)C)n(Cc3ccc(C)cc3)c3ccccc32)cc1. The third kappa shape index (κ3) is 11.2. The molecule has 0 aliphatic heterocycles. The molecular weight excluding hydrogens is 667 g/mol. The van der Waals surface area contributed by atoms with Crippen LogP contribution in [0.5, 0.6) is 0 Å². The second-order valence-corrected chi connectivity index (χ2v) is 15.5. The lowest BCUT2D eigenvalue weighted by Gasteiger charge is -2.22. The smallest absolute Gasteiger partial charge is 0.437 e. The predicted octanol–water partition coefficient (Wildman–Crippen LogP) is 8.43. The first-order chi connectivity index (χ1) is 25.0. The number of fused-ring (bicyclic) bond motifs is 1. The van der Waals surface area contributed by atoms with Crippen LogP contribution in [0.15, 0.2) is 102 Å². The van der Waals surface area contributed by atoms with Crippen LogP contribution >= 0.6 is 0 Å². The minimum Gasteiger partial charge on any atom is -0.444 e. The molecule has 1 atom stereocenters. The number of aromatic nitrogens is 2. The summed E-state index contributed by atoms with van der Waals surface area (Å²) in [6.45, 7) is 15.7. The fourth-order valence-electron chi connectivity index (χ4n) is 5.97. The van der Waals surface area contributed by atoms with Gasteiger partial charge in [0.2, 0.25) is 11.5 Å². The largest absolute Gasteiger partial charge is 0.444 e. The van der Waals surface area contributed by atoms with Crippen LogP contribution in [-0.4, -0.2) is 45.0 Å². The van der Waals surface area contributed by atoms with Crippen molar-refractivity contribution in [2.75, 3.05) is 11.9 Å². The Hall–Kier alpha value is -5.64. The van der Waals surface area contributed by atoms with Gasteiger partial charge in [-0.05, 0) is 103 Å². The van der Waals surface area contributed by atoms with Crippen molar-refractivity contribution in [1.29, 1.82) is 0 Å². The molecule has 53 heavy (non-hydrogen) atoms. The Labute approximate surface area is 311 Å².